The van der Waals surface area contributed by atoms with Gasteiger partial charge in [-0.15, -0.1) is 0 Å². The lowest BCUT2D eigenvalue weighted by Gasteiger charge is -2.24. The van der Waals surface area contributed by atoms with Gasteiger partial charge < -0.3 is 4.74 Å². The zero-order valence-electron chi connectivity index (χ0n) is 10.9. The summed E-state index contributed by atoms with van der Waals surface area (Å²) in [5.41, 5.74) is 2.39. The molecule has 0 saturated carbocycles. The molecule has 2 heterocycles. The first-order valence-corrected chi connectivity index (χ1v) is 7.00. The molecule has 1 saturated heterocycles. The number of ether oxygens (including phenoxy) is 1. The third kappa shape index (κ3) is 2.43. The molecule has 1 aliphatic rings. The summed E-state index contributed by atoms with van der Waals surface area (Å²) < 4.78 is 7.68. The summed E-state index contributed by atoms with van der Waals surface area (Å²) >= 11 is 6.11. The summed E-state index contributed by atoms with van der Waals surface area (Å²) in [5.74, 6) is 0. The maximum atomic E-state index is 7.04. The van der Waals surface area contributed by atoms with Gasteiger partial charge in [0.1, 0.15) is 0 Å². The molecule has 0 amide bonds. The van der Waals surface area contributed by atoms with Crippen molar-refractivity contribution in [1.29, 1.82) is 0 Å². The molecule has 3 rings (SSSR count). The normalized spacial score (nSPS) is 18.7. The molecule has 0 radical (unpaired) electrons. The van der Waals surface area contributed by atoms with Crippen molar-refractivity contribution < 1.29 is 4.74 Å². The fraction of sp³-hybridized carbons (Fsp3) is 0.333. The van der Waals surface area contributed by atoms with Crippen molar-refractivity contribution in [3.63, 3.8) is 0 Å². The third-order valence-electron chi connectivity index (χ3n) is 3.46. The molecule has 0 bridgehead atoms. The number of benzene rings is 1. The number of aromatic nitrogens is 2. The van der Waals surface area contributed by atoms with Gasteiger partial charge in [-0.05, 0) is 37.0 Å². The van der Waals surface area contributed by atoms with Crippen LogP contribution in [0.15, 0.2) is 30.5 Å². The Labute approximate surface area is 122 Å². The molecular weight excluding hydrogens is 274 g/mol. The maximum Gasteiger partial charge on any atom is 0.205 e. The first-order valence-electron chi connectivity index (χ1n) is 6.62. The second kappa shape index (κ2) is 5.66. The van der Waals surface area contributed by atoms with Crippen LogP contribution in [0.4, 0.5) is 5.69 Å². The van der Waals surface area contributed by atoms with Crippen LogP contribution in [0.2, 0.25) is 5.02 Å². The van der Waals surface area contributed by atoms with E-state index < -0.39 is 0 Å². The minimum absolute atomic E-state index is 0.00642. The van der Waals surface area contributed by atoms with Crippen LogP contribution in [0.25, 0.3) is 16.1 Å². The molecule has 1 aromatic heterocycles. The molecule has 1 aromatic carbocycles. The number of halogens is 1. The summed E-state index contributed by atoms with van der Waals surface area (Å²) in [6.07, 6.45) is 5.00. The maximum absolute atomic E-state index is 7.04. The number of hydrogen-bond acceptors (Lipinski definition) is 2. The van der Waals surface area contributed by atoms with Crippen molar-refractivity contribution in [2.45, 2.75) is 25.5 Å². The predicted molar refractivity (Wildman–Crippen MR) is 77.8 cm³/mol. The molecule has 0 spiro atoms. The predicted octanol–water partition coefficient (Wildman–Crippen LogP) is 4.45. The Kier molecular flexibility index (Phi) is 3.72. The molecular formula is C15H14ClN3O. The monoisotopic (exact) mass is 287 g/mol. The van der Waals surface area contributed by atoms with E-state index in [2.05, 4.69) is 9.94 Å². The van der Waals surface area contributed by atoms with Crippen molar-refractivity contribution in [1.82, 2.24) is 9.78 Å². The number of rotatable bonds is 2. The lowest BCUT2D eigenvalue weighted by Crippen LogP contribution is -2.19. The van der Waals surface area contributed by atoms with Crippen LogP contribution >= 0.6 is 11.6 Å². The fourth-order valence-corrected chi connectivity index (χ4v) is 2.67. The summed E-state index contributed by atoms with van der Waals surface area (Å²) in [7, 11) is 0. The average molecular weight is 288 g/mol. The Balaban J connectivity index is 1.97. The molecule has 5 heteroatoms. The Morgan fingerprint density at radius 1 is 1.35 bits per heavy atom. The second-order valence-corrected chi connectivity index (χ2v) is 5.17. The molecule has 0 N–H and O–H groups in total. The Hall–Kier alpha value is -1.83. The zero-order valence-corrected chi connectivity index (χ0v) is 11.7. The van der Waals surface area contributed by atoms with Gasteiger partial charge in [-0.1, -0.05) is 23.7 Å². The van der Waals surface area contributed by atoms with Gasteiger partial charge in [-0.25, -0.2) is 9.53 Å². The van der Waals surface area contributed by atoms with Gasteiger partial charge in [0.15, 0.2) is 6.23 Å². The molecule has 4 nitrogen and oxygen atoms in total. The van der Waals surface area contributed by atoms with E-state index in [9.17, 15) is 0 Å². The van der Waals surface area contributed by atoms with Crippen LogP contribution in [0.5, 0.6) is 0 Å². The van der Waals surface area contributed by atoms with Crippen LogP contribution in [-0.2, 0) is 4.74 Å². The quantitative estimate of drug-likeness (QED) is 0.764. The molecule has 1 aliphatic heterocycles. The summed E-state index contributed by atoms with van der Waals surface area (Å²) in [6.45, 7) is 7.81. The van der Waals surface area contributed by atoms with Crippen LogP contribution in [-0.4, -0.2) is 16.4 Å². The van der Waals surface area contributed by atoms with E-state index in [1.807, 2.05) is 22.9 Å². The standard InChI is InChI=1S/C15H14ClN3O/c1-17-13-6-5-11(10-12(13)16)14-7-8-18-19(14)15-4-2-3-9-20-15/h5-8,10,15H,2-4,9H2. The van der Waals surface area contributed by atoms with Gasteiger partial charge in [0.25, 0.3) is 0 Å². The van der Waals surface area contributed by atoms with E-state index in [0.717, 1.165) is 37.1 Å². The summed E-state index contributed by atoms with van der Waals surface area (Å²) in [4.78, 5) is 3.38. The summed E-state index contributed by atoms with van der Waals surface area (Å²) in [6, 6.07) is 7.39. The van der Waals surface area contributed by atoms with E-state index in [1.165, 1.54) is 0 Å². The van der Waals surface area contributed by atoms with Gasteiger partial charge >= 0.3 is 0 Å². The fourth-order valence-electron chi connectivity index (χ4n) is 2.45. The lowest BCUT2D eigenvalue weighted by molar-refractivity contribution is -0.0383. The van der Waals surface area contributed by atoms with Gasteiger partial charge in [0, 0.05) is 17.8 Å². The van der Waals surface area contributed by atoms with Crippen molar-refractivity contribution in [2.24, 2.45) is 0 Å². The molecule has 20 heavy (non-hydrogen) atoms. The third-order valence-corrected chi connectivity index (χ3v) is 3.77. The highest BCUT2D eigenvalue weighted by atomic mass is 35.5. The smallest absolute Gasteiger partial charge is 0.205 e. The van der Waals surface area contributed by atoms with Gasteiger partial charge in [0.2, 0.25) is 5.69 Å². The highest BCUT2D eigenvalue weighted by molar-refractivity contribution is 6.33. The van der Waals surface area contributed by atoms with Crippen molar-refractivity contribution in [3.8, 4) is 11.3 Å². The SMILES string of the molecule is [C-]#[N+]c1ccc(-c2ccnn2C2CCCCO2)cc1Cl. The first-order chi connectivity index (χ1) is 9.79. The molecule has 0 aliphatic carbocycles. The second-order valence-electron chi connectivity index (χ2n) is 4.76. The number of hydrogen-bond donors (Lipinski definition) is 0. The van der Waals surface area contributed by atoms with E-state index >= 15 is 0 Å². The molecule has 102 valence electrons. The van der Waals surface area contributed by atoms with Crippen LogP contribution < -0.4 is 0 Å². The molecule has 2 aromatic rings. The van der Waals surface area contributed by atoms with Gasteiger partial charge in [-0.2, -0.15) is 5.10 Å². The lowest BCUT2D eigenvalue weighted by atomic mass is 10.1. The van der Waals surface area contributed by atoms with Gasteiger partial charge in [-0.3, -0.25) is 0 Å². The van der Waals surface area contributed by atoms with E-state index in [1.54, 1.807) is 12.3 Å². The molecule has 1 unspecified atom stereocenters. The van der Waals surface area contributed by atoms with E-state index in [4.69, 9.17) is 22.9 Å². The minimum atomic E-state index is -0.00642. The minimum Gasteiger partial charge on any atom is -0.356 e. The highest BCUT2D eigenvalue weighted by Crippen LogP contribution is 2.33. The largest absolute Gasteiger partial charge is 0.356 e. The van der Waals surface area contributed by atoms with Crippen LogP contribution in [0.3, 0.4) is 0 Å². The zero-order chi connectivity index (χ0) is 13.9. The van der Waals surface area contributed by atoms with Crippen molar-refractivity contribution >= 4 is 17.3 Å². The average Bonchev–Trinajstić information content (AvgIpc) is 2.97. The Morgan fingerprint density at radius 3 is 2.95 bits per heavy atom. The highest BCUT2D eigenvalue weighted by Gasteiger charge is 2.19. The Morgan fingerprint density at radius 2 is 2.25 bits per heavy atom. The van der Waals surface area contributed by atoms with Crippen LogP contribution in [0.1, 0.15) is 25.5 Å². The number of nitrogens with zero attached hydrogens (tertiary/aromatic N) is 3. The molecule has 1 atom stereocenters. The van der Waals surface area contributed by atoms with Crippen molar-refractivity contribution in [2.75, 3.05) is 6.61 Å². The molecule has 1 fully saturated rings. The Bertz CT molecular complexity index is 653. The summed E-state index contributed by atoms with van der Waals surface area (Å²) in [5, 5.41) is 4.84. The topological polar surface area (TPSA) is 31.4 Å². The van der Waals surface area contributed by atoms with E-state index in [0.29, 0.717) is 10.7 Å². The van der Waals surface area contributed by atoms with Gasteiger partial charge in [0.05, 0.1) is 12.3 Å². The van der Waals surface area contributed by atoms with E-state index in [-0.39, 0.29) is 6.23 Å². The van der Waals surface area contributed by atoms with Crippen LogP contribution in [0, 0.1) is 6.57 Å². The first kappa shape index (κ1) is 13.2. The van der Waals surface area contributed by atoms with Crippen molar-refractivity contribution in [3.05, 3.63) is 46.9 Å².